The van der Waals surface area contributed by atoms with Gasteiger partial charge in [0.05, 0.1) is 18.0 Å². The van der Waals surface area contributed by atoms with Crippen LogP contribution in [0.1, 0.15) is 44.0 Å². The Kier molecular flexibility index (Phi) is 14.5. The Morgan fingerprint density at radius 3 is 2.41 bits per heavy atom. The van der Waals surface area contributed by atoms with Crippen molar-refractivity contribution >= 4 is 60.4 Å². The third kappa shape index (κ3) is 8.55. The van der Waals surface area contributed by atoms with E-state index in [1.54, 1.807) is 36.9 Å². The second-order valence-electron chi connectivity index (χ2n) is 10.0. The van der Waals surface area contributed by atoms with Gasteiger partial charge in [-0.25, -0.2) is 0 Å². The van der Waals surface area contributed by atoms with Crippen molar-refractivity contribution in [3.63, 3.8) is 0 Å². The summed E-state index contributed by atoms with van der Waals surface area (Å²) in [4.78, 5) is 38.1. The smallest absolute Gasteiger partial charge is 0.242 e. The van der Waals surface area contributed by atoms with Crippen molar-refractivity contribution in [2.24, 2.45) is 5.41 Å². The third-order valence-electron chi connectivity index (χ3n) is 6.97. The van der Waals surface area contributed by atoms with Crippen LogP contribution >= 0.6 is 37.2 Å². The highest BCUT2D eigenvalue weighted by molar-refractivity contribution is 6.20. The number of anilines is 2. The van der Waals surface area contributed by atoms with E-state index in [4.69, 9.17) is 4.74 Å². The zero-order chi connectivity index (χ0) is 27.1. The van der Waals surface area contributed by atoms with Crippen molar-refractivity contribution in [2.45, 2.75) is 46.6 Å². The Morgan fingerprint density at radius 1 is 0.951 bits per heavy atom. The molecule has 224 valence electrons. The minimum atomic E-state index is -1.12. The minimum Gasteiger partial charge on any atom is -0.493 e. The molecule has 8 nitrogen and oxygen atoms in total. The number of benzene rings is 1. The molecule has 4 rings (SSSR count). The summed E-state index contributed by atoms with van der Waals surface area (Å²) in [5, 5.41) is 3.50. The molecule has 1 aliphatic heterocycles. The van der Waals surface area contributed by atoms with Crippen LogP contribution in [-0.2, 0) is 29.0 Å². The standard InChI is InChI=1S/C30H37N5O3.3ClH/c1-5-35-26-14-12-24(19-27(26)34(4)28(36)30(2,3)29(35)37)38-18-8-16-32-21-23-10-7-17-33-25(23)13-11-22-9-6-15-31-20-22;;;/h6-7,9-10,12,14-15,17,19-20,32H,5,8,11,13,16,18,21H2,1-4H3;3*1H. The molecule has 3 aromatic rings. The fraction of sp³-hybridized carbons (Fsp3) is 0.400. The summed E-state index contributed by atoms with van der Waals surface area (Å²) < 4.78 is 6.01. The zero-order valence-electron chi connectivity index (χ0n) is 24.0. The van der Waals surface area contributed by atoms with Gasteiger partial charge in [-0.1, -0.05) is 12.1 Å². The first kappa shape index (κ1) is 36.1. The highest BCUT2D eigenvalue weighted by Gasteiger charge is 2.45. The molecule has 1 N–H and O–H groups in total. The van der Waals surface area contributed by atoms with Crippen molar-refractivity contribution in [3.8, 4) is 5.75 Å². The molecule has 0 unspecified atom stereocenters. The number of nitrogens with zero attached hydrogens (tertiary/aromatic N) is 4. The quantitative estimate of drug-likeness (QED) is 0.226. The first-order valence-corrected chi connectivity index (χ1v) is 13.2. The number of carbonyl (C=O) groups is 2. The van der Waals surface area contributed by atoms with E-state index >= 15 is 0 Å². The largest absolute Gasteiger partial charge is 0.493 e. The number of amides is 2. The SMILES string of the molecule is CCN1C(=O)C(C)(C)C(=O)N(C)c2cc(OCCCNCc3cccnc3CCc3cccnc3)ccc21.Cl.Cl.Cl. The molecular weight excluding hydrogens is 585 g/mol. The number of aromatic nitrogens is 2. The van der Waals surface area contributed by atoms with Gasteiger partial charge in [-0.2, -0.15) is 0 Å². The lowest BCUT2D eigenvalue weighted by atomic mass is 9.90. The molecule has 3 heterocycles. The Hall–Kier alpha value is -2.91. The topological polar surface area (TPSA) is 87.7 Å². The molecular formula is C30H40Cl3N5O3. The predicted octanol–water partition coefficient (Wildman–Crippen LogP) is 5.44. The van der Waals surface area contributed by atoms with E-state index in [2.05, 4.69) is 27.4 Å². The number of hydrogen-bond acceptors (Lipinski definition) is 6. The van der Waals surface area contributed by atoms with E-state index in [0.29, 0.717) is 24.6 Å². The predicted molar refractivity (Wildman–Crippen MR) is 171 cm³/mol. The lowest BCUT2D eigenvalue weighted by molar-refractivity contribution is -0.137. The van der Waals surface area contributed by atoms with Gasteiger partial charge in [-0.05, 0) is 82.0 Å². The molecule has 0 atom stereocenters. The molecule has 2 amide bonds. The van der Waals surface area contributed by atoms with E-state index in [9.17, 15) is 9.59 Å². The van der Waals surface area contributed by atoms with Crippen LogP contribution in [0, 0.1) is 5.41 Å². The number of ether oxygens (including phenoxy) is 1. The first-order valence-electron chi connectivity index (χ1n) is 13.2. The van der Waals surface area contributed by atoms with E-state index in [-0.39, 0.29) is 49.0 Å². The highest BCUT2D eigenvalue weighted by atomic mass is 35.5. The van der Waals surface area contributed by atoms with Gasteiger partial charge in [-0.3, -0.25) is 19.6 Å². The van der Waals surface area contributed by atoms with Crippen LogP contribution in [0.15, 0.2) is 61.1 Å². The summed E-state index contributed by atoms with van der Waals surface area (Å²) in [5.41, 5.74) is 3.80. The van der Waals surface area contributed by atoms with Crippen molar-refractivity contribution < 1.29 is 14.3 Å². The maximum Gasteiger partial charge on any atom is 0.242 e. The lowest BCUT2D eigenvalue weighted by Gasteiger charge is -2.27. The number of aryl methyl sites for hydroxylation is 2. The van der Waals surface area contributed by atoms with E-state index in [0.717, 1.165) is 43.7 Å². The summed E-state index contributed by atoms with van der Waals surface area (Å²) in [6.45, 7) is 7.85. The molecule has 0 bridgehead atoms. The molecule has 0 saturated heterocycles. The first-order chi connectivity index (χ1) is 18.3. The number of halogens is 3. The molecule has 0 aliphatic carbocycles. The monoisotopic (exact) mass is 623 g/mol. The number of nitrogens with one attached hydrogen (secondary N) is 1. The van der Waals surface area contributed by atoms with Crippen molar-refractivity contribution in [1.82, 2.24) is 15.3 Å². The van der Waals surface area contributed by atoms with Crippen molar-refractivity contribution in [2.75, 3.05) is 36.5 Å². The number of pyridine rings is 2. The fourth-order valence-electron chi connectivity index (χ4n) is 4.75. The second kappa shape index (κ2) is 16.5. The summed E-state index contributed by atoms with van der Waals surface area (Å²) in [5.74, 6) is 0.261. The van der Waals surface area contributed by atoms with Gasteiger partial charge in [0.2, 0.25) is 11.8 Å². The Bertz CT molecular complexity index is 1280. The lowest BCUT2D eigenvalue weighted by Crippen LogP contribution is -2.47. The average Bonchev–Trinajstić information content (AvgIpc) is 2.99. The molecule has 1 aliphatic rings. The van der Waals surface area contributed by atoms with E-state index in [1.807, 2.05) is 49.6 Å². The van der Waals surface area contributed by atoms with Gasteiger partial charge < -0.3 is 19.9 Å². The van der Waals surface area contributed by atoms with Gasteiger partial charge >= 0.3 is 0 Å². The van der Waals surface area contributed by atoms with Gasteiger partial charge in [0, 0.05) is 50.5 Å². The summed E-state index contributed by atoms with van der Waals surface area (Å²) in [6.07, 6.45) is 8.15. The number of hydrogen-bond donors (Lipinski definition) is 1. The highest BCUT2D eigenvalue weighted by Crippen LogP contribution is 2.40. The molecule has 0 radical (unpaired) electrons. The maximum absolute atomic E-state index is 13.0. The molecule has 1 aromatic carbocycles. The average molecular weight is 625 g/mol. The molecule has 0 saturated carbocycles. The van der Waals surface area contributed by atoms with Gasteiger partial charge in [-0.15, -0.1) is 37.2 Å². The van der Waals surface area contributed by atoms with Gasteiger partial charge in [0.25, 0.3) is 0 Å². The zero-order valence-corrected chi connectivity index (χ0v) is 26.4. The molecule has 2 aromatic heterocycles. The number of carbonyl (C=O) groups excluding carboxylic acids is 2. The van der Waals surface area contributed by atoms with Crippen LogP contribution in [0.25, 0.3) is 0 Å². The van der Waals surface area contributed by atoms with Crippen molar-refractivity contribution in [3.05, 3.63) is 77.9 Å². The van der Waals surface area contributed by atoms with Gasteiger partial charge in [0.1, 0.15) is 11.2 Å². The Labute approximate surface area is 261 Å². The maximum atomic E-state index is 13.0. The Morgan fingerprint density at radius 2 is 1.71 bits per heavy atom. The molecule has 0 fully saturated rings. The minimum absolute atomic E-state index is 0. The Balaban J connectivity index is 0.00000280. The number of rotatable bonds is 11. The fourth-order valence-corrected chi connectivity index (χ4v) is 4.75. The van der Waals surface area contributed by atoms with E-state index < -0.39 is 5.41 Å². The van der Waals surface area contributed by atoms with Gasteiger partial charge in [0.15, 0.2) is 0 Å². The van der Waals surface area contributed by atoms with Crippen LogP contribution in [-0.4, -0.2) is 48.5 Å². The van der Waals surface area contributed by atoms with Crippen LogP contribution in [0.5, 0.6) is 5.75 Å². The summed E-state index contributed by atoms with van der Waals surface area (Å²) in [7, 11) is 1.71. The van der Waals surface area contributed by atoms with Crippen LogP contribution in [0.2, 0.25) is 0 Å². The van der Waals surface area contributed by atoms with Crippen LogP contribution < -0.4 is 19.9 Å². The van der Waals surface area contributed by atoms with Crippen LogP contribution in [0.3, 0.4) is 0 Å². The summed E-state index contributed by atoms with van der Waals surface area (Å²) in [6, 6.07) is 13.7. The normalized spacial score (nSPS) is 13.8. The molecule has 11 heteroatoms. The molecule has 41 heavy (non-hydrogen) atoms. The molecule has 0 spiro atoms. The summed E-state index contributed by atoms with van der Waals surface area (Å²) >= 11 is 0. The van der Waals surface area contributed by atoms with Crippen molar-refractivity contribution in [1.29, 1.82) is 0 Å². The van der Waals surface area contributed by atoms with Crippen LogP contribution in [0.4, 0.5) is 11.4 Å². The number of fused-ring (bicyclic) bond motifs is 1. The van der Waals surface area contributed by atoms with E-state index in [1.165, 1.54) is 11.1 Å². The third-order valence-corrected chi connectivity index (χ3v) is 6.97. The second-order valence-corrected chi connectivity index (χ2v) is 10.0.